The van der Waals surface area contributed by atoms with Gasteiger partial charge in [-0.15, -0.1) is 0 Å². The van der Waals surface area contributed by atoms with Gasteiger partial charge in [-0.25, -0.2) is 15.0 Å². The third-order valence-corrected chi connectivity index (χ3v) is 1.89. The number of aromatic nitrogens is 3. The lowest BCUT2D eigenvalue weighted by Crippen LogP contribution is -1.96. The maximum Gasteiger partial charge on any atom is 0.136 e. The second-order valence-corrected chi connectivity index (χ2v) is 2.86. The van der Waals surface area contributed by atoms with Crippen molar-refractivity contribution in [1.29, 1.82) is 0 Å². The Bertz CT molecular complexity index is 417. The summed E-state index contributed by atoms with van der Waals surface area (Å²) >= 11 is 0. The van der Waals surface area contributed by atoms with Crippen LogP contribution in [-0.2, 0) is 6.42 Å². The number of para-hydroxylation sites is 1. The number of aromatic hydroxyl groups is 1. The quantitative estimate of drug-likeness (QED) is 0.766. The molecule has 0 saturated heterocycles. The van der Waals surface area contributed by atoms with Crippen LogP contribution in [-0.4, -0.2) is 20.1 Å². The number of phenols is 1. The SMILES string of the molecule is Oc1ccccc1Cc1ncncn1. The minimum Gasteiger partial charge on any atom is -0.508 e. The van der Waals surface area contributed by atoms with Crippen LogP contribution in [0.3, 0.4) is 0 Å². The second kappa shape index (κ2) is 3.83. The zero-order valence-electron chi connectivity index (χ0n) is 7.46. The van der Waals surface area contributed by atoms with Crippen LogP contribution in [0, 0.1) is 0 Å². The summed E-state index contributed by atoms with van der Waals surface area (Å²) in [7, 11) is 0. The second-order valence-electron chi connectivity index (χ2n) is 2.86. The first-order valence-electron chi connectivity index (χ1n) is 4.24. The van der Waals surface area contributed by atoms with Gasteiger partial charge in [0.25, 0.3) is 0 Å². The van der Waals surface area contributed by atoms with Gasteiger partial charge in [0.2, 0.25) is 0 Å². The van der Waals surface area contributed by atoms with Gasteiger partial charge in [-0.3, -0.25) is 0 Å². The first-order chi connectivity index (χ1) is 6.86. The molecule has 1 N–H and O–H groups in total. The van der Waals surface area contributed by atoms with E-state index in [4.69, 9.17) is 0 Å². The number of hydrogen-bond acceptors (Lipinski definition) is 4. The van der Waals surface area contributed by atoms with E-state index in [-0.39, 0.29) is 5.75 Å². The number of rotatable bonds is 2. The molecule has 0 aliphatic carbocycles. The summed E-state index contributed by atoms with van der Waals surface area (Å²) in [6, 6.07) is 7.15. The van der Waals surface area contributed by atoms with Crippen molar-refractivity contribution in [3.63, 3.8) is 0 Å². The lowest BCUT2D eigenvalue weighted by Gasteiger charge is -2.01. The largest absolute Gasteiger partial charge is 0.508 e. The molecule has 0 amide bonds. The van der Waals surface area contributed by atoms with Crippen LogP contribution in [0.15, 0.2) is 36.9 Å². The van der Waals surface area contributed by atoms with Crippen LogP contribution in [0.25, 0.3) is 0 Å². The number of phenolic OH excluding ortho intramolecular Hbond substituents is 1. The summed E-state index contributed by atoms with van der Waals surface area (Å²) in [5.74, 6) is 0.925. The topological polar surface area (TPSA) is 58.9 Å². The van der Waals surface area contributed by atoms with Gasteiger partial charge in [-0.05, 0) is 6.07 Å². The molecule has 4 nitrogen and oxygen atoms in total. The predicted octanol–water partition coefficient (Wildman–Crippen LogP) is 1.17. The molecule has 1 aromatic heterocycles. The number of nitrogens with zero attached hydrogens (tertiary/aromatic N) is 3. The van der Waals surface area contributed by atoms with E-state index in [0.717, 1.165) is 5.56 Å². The van der Waals surface area contributed by atoms with Gasteiger partial charge in [0.1, 0.15) is 24.2 Å². The van der Waals surface area contributed by atoms with Gasteiger partial charge in [0.05, 0.1) is 0 Å². The fourth-order valence-electron chi connectivity index (χ4n) is 1.19. The maximum atomic E-state index is 9.50. The summed E-state index contributed by atoms with van der Waals surface area (Å²) < 4.78 is 0. The Morgan fingerprint density at radius 3 is 2.50 bits per heavy atom. The number of hydrogen-bond donors (Lipinski definition) is 1. The average molecular weight is 187 g/mol. The highest BCUT2D eigenvalue weighted by molar-refractivity contribution is 5.33. The first kappa shape index (κ1) is 8.62. The highest BCUT2D eigenvalue weighted by atomic mass is 16.3. The molecular weight excluding hydrogens is 178 g/mol. The smallest absolute Gasteiger partial charge is 0.136 e. The molecule has 1 heterocycles. The molecule has 1 aromatic carbocycles. The standard InChI is InChI=1S/C10H9N3O/c14-9-4-2-1-3-8(9)5-10-12-6-11-7-13-10/h1-4,6-7,14H,5H2. The van der Waals surface area contributed by atoms with Crippen LogP contribution in [0.5, 0.6) is 5.75 Å². The molecule has 0 fully saturated rings. The van der Waals surface area contributed by atoms with Gasteiger partial charge in [0.15, 0.2) is 0 Å². The van der Waals surface area contributed by atoms with Gasteiger partial charge in [-0.2, -0.15) is 0 Å². The minimum absolute atomic E-state index is 0.271. The Labute approximate surface area is 81.3 Å². The van der Waals surface area contributed by atoms with E-state index in [1.165, 1.54) is 12.7 Å². The minimum atomic E-state index is 0.271. The maximum absolute atomic E-state index is 9.50. The molecule has 70 valence electrons. The van der Waals surface area contributed by atoms with Crippen LogP contribution >= 0.6 is 0 Å². The van der Waals surface area contributed by atoms with Crippen molar-refractivity contribution in [3.8, 4) is 5.75 Å². The van der Waals surface area contributed by atoms with Crippen LogP contribution in [0.4, 0.5) is 0 Å². The Morgan fingerprint density at radius 2 is 1.79 bits per heavy atom. The fourth-order valence-corrected chi connectivity index (χ4v) is 1.19. The zero-order chi connectivity index (χ0) is 9.80. The van der Waals surface area contributed by atoms with E-state index in [1.54, 1.807) is 12.1 Å². The molecule has 0 saturated carbocycles. The summed E-state index contributed by atoms with van der Waals surface area (Å²) in [6.45, 7) is 0. The Balaban J connectivity index is 2.24. The van der Waals surface area contributed by atoms with Crippen molar-refractivity contribution < 1.29 is 5.11 Å². The van der Waals surface area contributed by atoms with Crippen LogP contribution in [0.1, 0.15) is 11.4 Å². The molecule has 2 rings (SSSR count). The molecule has 4 heteroatoms. The van der Waals surface area contributed by atoms with Crippen LogP contribution < -0.4 is 0 Å². The molecular formula is C10H9N3O. The summed E-state index contributed by atoms with van der Waals surface area (Å²) in [6.07, 6.45) is 3.42. The van der Waals surface area contributed by atoms with E-state index in [0.29, 0.717) is 12.2 Å². The monoisotopic (exact) mass is 187 g/mol. The van der Waals surface area contributed by atoms with Crippen molar-refractivity contribution >= 4 is 0 Å². The normalized spacial score (nSPS) is 10.0. The van der Waals surface area contributed by atoms with E-state index < -0.39 is 0 Å². The van der Waals surface area contributed by atoms with E-state index in [2.05, 4.69) is 15.0 Å². The van der Waals surface area contributed by atoms with Crippen molar-refractivity contribution in [2.45, 2.75) is 6.42 Å². The molecule has 0 atom stereocenters. The van der Waals surface area contributed by atoms with Crippen molar-refractivity contribution in [2.75, 3.05) is 0 Å². The molecule has 0 radical (unpaired) electrons. The van der Waals surface area contributed by atoms with Crippen LogP contribution in [0.2, 0.25) is 0 Å². The number of benzene rings is 1. The van der Waals surface area contributed by atoms with E-state index in [1.807, 2.05) is 12.1 Å². The third-order valence-electron chi connectivity index (χ3n) is 1.89. The highest BCUT2D eigenvalue weighted by Crippen LogP contribution is 2.17. The Morgan fingerprint density at radius 1 is 1.07 bits per heavy atom. The van der Waals surface area contributed by atoms with E-state index in [9.17, 15) is 5.11 Å². The molecule has 0 aliphatic heterocycles. The molecule has 0 spiro atoms. The van der Waals surface area contributed by atoms with Crippen molar-refractivity contribution in [3.05, 3.63) is 48.3 Å². The van der Waals surface area contributed by atoms with Gasteiger partial charge >= 0.3 is 0 Å². The molecule has 14 heavy (non-hydrogen) atoms. The average Bonchev–Trinajstić information content (AvgIpc) is 2.23. The van der Waals surface area contributed by atoms with E-state index >= 15 is 0 Å². The van der Waals surface area contributed by atoms with Gasteiger partial charge in [-0.1, -0.05) is 18.2 Å². The zero-order valence-corrected chi connectivity index (χ0v) is 7.46. The third kappa shape index (κ3) is 1.85. The van der Waals surface area contributed by atoms with Gasteiger partial charge < -0.3 is 5.11 Å². The van der Waals surface area contributed by atoms with Crippen molar-refractivity contribution in [1.82, 2.24) is 15.0 Å². The lowest BCUT2D eigenvalue weighted by molar-refractivity contribution is 0.469. The molecule has 2 aromatic rings. The predicted molar refractivity (Wildman–Crippen MR) is 50.7 cm³/mol. The van der Waals surface area contributed by atoms with Gasteiger partial charge in [0, 0.05) is 12.0 Å². The molecule has 0 aliphatic rings. The highest BCUT2D eigenvalue weighted by Gasteiger charge is 2.02. The Kier molecular flexibility index (Phi) is 2.36. The molecule has 0 unspecified atom stereocenters. The summed E-state index contributed by atoms with van der Waals surface area (Å²) in [5, 5.41) is 9.50. The first-order valence-corrected chi connectivity index (χ1v) is 4.24. The summed E-state index contributed by atoms with van der Waals surface area (Å²) in [5.41, 5.74) is 0.818. The fraction of sp³-hybridized carbons (Fsp3) is 0.100. The molecule has 0 bridgehead atoms. The Hall–Kier alpha value is -1.97. The summed E-state index contributed by atoms with van der Waals surface area (Å²) in [4.78, 5) is 11.7. The van der Waals surface area contributed by atoms with Crippen molar-refractivity contribution in [2.24, 2.45) is 0 Å². The lowest BCUT2D eigenvalue weighted by atomic mass is 10.1.